The molecule has 0 saturated carbocycles. The van der Waals surface area contributed by atoms with E-state index >= 15 is 0 Å². The summed E-state index contributed by atoms with van der Waals surface area (Å²) < 4.78 is 6.08. The molecular formula is C17H17N5OS. The van der Waals surface area contributed by atoms with Gasteiger partial charge in [-0.3, -0.25) is 4.79 Å². The molecule has 4 rings (SSSR count). The zero-order chi connectivity index (χ0) is 16.5. The highest BCUT2D eigenvalue weighted by Crippen LogP contribution is 2.31. The van der Waals surface area contributed by atoms with E-state index in [-0.39, 0.29) is 11.9 Å². The molecule has 3 heterocycles. The van der Waals surface area contributed by atoms with Crippen molar-refractivity contribution in [2.75, 3.05) is 0 Å². The van der Waals surface area contributed by atoms with Crippen LogP contribution in [0, 0.1) is 0 Å². The van der Waals surface area contributed by atoms with Crippen LogP contribution in [0.25, 0.3) is 0 Å². The lowest BCUT2D eigenvalue weighted by molar-refractivity contribution is 0.0588. The van der Waals surface area contributed by atoms with Crippen LogP contribution in [-0.2, 0) is 19.5 Å². The van der Waals surface area contributed by atoms with E-state index in [2.05, 4.69) is 31.3 Å². The van der Waals surface area contributed by atoms with Crippen LogP contribution in [0.4, 0.5) is 0 Å². The molecular weight excluding hydrogens is 322 g/mol. The molecule has 0 aliphatic carbocycles. The Morgan fingerprint density at radius 3 is 2.96 bits per heavy atom. The molecule has 3 aromatic rings. The normalized spacial score (nSPS) is 16.9. The average Bonchev–Trinajstić information content (AvgIpc) is 3.29. The molecule has 2 aromatic heterocycles. The molecule has 1 aliphatic heterocycles. The van der Waals surface area contributed by atoms with Gasteiger partial charge >= 0.3 is 0 Å². The van der Waals surface area contributed by atoms with Gasteiger partial charge in [0.05, 0.1) is 18.3 Å². The number of imidazole rings is 1. The smallest absolute Gasteiger partial charge is 0.268 e. The van der Waals surface area contributed by atoms with Gasteiger partial charge in [0.15, 0.2) is 0 Å². The van der Waals surface area contributed by atoms with E-state index in [9.17, 15) is 4.79 Å². The summed E-state index contributed by atoms with van der Waals surface area (Å²) in [6.45, 7) is 3.19. The maximum Gasteiger partial charge on any atom is 0.268 e. The minimum absolute atomic E-state index is 0.00930. The molecule has 0 fully saturated rings. The fourth-order valence-corrected chi connectivity index (χ4v) is 3.82. The maximum atomic E-state index is 13.2. The lowest BCUT2D eigenvalue weighted by Crippen LogP contribution is -2.41. The van der Waals surface area contributed by atoms with Crippen molar-refractivity contribution in [2.24, 2.45) is 0 Å². The number of nitrogens with zero attached hydrogens (tertiary/aromatic N) is 5. The monoisotopic (exact) mass is 339 g/mol. The van der Waals surface area contributed by atoms with E-state index in [1.807, 2.05) is 36.2 Å². The molecule has 0 N–H and O–H groups in total. The zero-order valence-corrected chi connectivity index (χ0v) is 14.1. The van der Waals surface area contributed by atoms with Crippen LogP contribution in [0.5, 0.6) is 0 Å². The van der Waals surface area contributed by atoms with Crippen LogP contribution in [0.1, 0.15) is 39.7 Å². The van der Waals surface area contributed by atoms with Gasteiger partial charge in [0.1, 0.15) is 10.7 Å². The first-order chi connectivity index (χ1) is 11.8. The lowest BCUT2D eigenvalue weighted by Gasteiger charge is -2.36. The van der Waals surface area contributed by atoms with Crippen molar-refractivity contribution >= 4 is 17.4 Å². The van der Waals surface area contributed by atoms with Crippen LogP contribution >= 0.6 is 11.5 Å². The minimum atomic E-state index is -0.0211. The number of amides is 1. The summed E-state index contributed by atoms with van der Waals surface area (Å²) in [6.07, 6.45) is 4.46. The van der Waals surface area contributed by atoms with E-state index in [1.54, 1.807) is 6.20 Å². The molecule has 0 spiro atoms. The van der Waals surface area contributed by atoms with Crippen molar-refractivity contribution in [2.45, 2.75) is 32.5 Å². The number of rotatable bonds is 3. The summed E-state index contributed by atoms with van der Waals surface area (Å²) in [4.78, 5) is 20.1. The molecule has 0 radical (unpaired) electrons. The van der Waals surface area contributed by atoms with Gasteiger partial charge in [0, 0.05) is 18.9 Å². The third-order valence-corrected chi connectivity index (χ3v) is 5.15. The lowest BCUT2D eigenvalue weighted by atomic mass is 10.0. The van der Waals surface area contributed by atoms with Gasteiger partial charge in [-0.2, -0.15) is 0 Å². The fourth-order valence-electron chi connectivity index (χ4n) is 3.11. The third kappa shape index (κ3) is 2.50. The van der Waals surface area contributed by atoms with Gasteiger partial charge < -0.3 is 9.47 Å². The van der Waals surface area contributed by atoms with Gasteiger partial charge in [-0.25, -0.2) is 4.98 Å². The molecule has 24 heavy (non-hydrogen) atoms. The zero-order valence-electron chi connectivity index (χ0n) is 13.3. The van der Waals surface area contributed by atoms with Crippen molar-refractivity contribution in [1.82, 2.24) is 24.0 Å². The van der Waals surface area contributed by atoms with Gasteiger partial charge in [-0.15, -0.1) is 5.10 Å². The standard InChI is InChI=1S/C17H17N5OS/c1-2-13-16(24-20-19-13)17(23)22-11-15-18-8-9-21(15)10-14(22)12-6-4-3-5-7-12/h3-9,14H,2,10-11H2,1H3/t14-/m0/s1. The first-order valence-electron chi connectivity index (χ1n) is 7.95. The number of fused-ring (bicyclic) bond motifs is 1. The maximum absolute atomic E-state index is 13.2. The van der Waals surface area contributed by atoms with Crippen molar-refractivity contribution in [1.29, 1.82) is 0 Å². The third-order valence-electron chi connectivity index (χ3n) is 4.39. The summed E-state index contributed by atoms with van der Waals surface area (Å²) in [7, 11) is 0. The molecule has 7 heteroatoms. The Hall–Kier alpha value is -2.54. The predicted molar refractivity (Wildman–Crippen MR) is 90.6 cm³/mol. The molecule has 1 aromatic carbocycles. The highest BCUT2D eigenvalue weighted by Gasteiger charge is 2.33. The Kier molecular flexibility index (Phi) is 3.86. The van der Waals surface area contributed by atoms with Crippen molar-refractivity contribution in [3.63, 3.8) is 0 Å². The van der Waals surface area contributed by atoms with Gasteiger partial charge in [-0.1, -0.05) is 41.7 Å². The van der Waals surface area contributed by atoms with Crippen molar-refractivity contribution in [3.8, 4) is 0 Å². The number of aryl methyl sites for hydroxylation is 1. The number of carbonyl (C=O) groups excluding carboxylic acids is 1. The van der Waals surface area contributed by atoms with Crippen LogP contribution in [0.15, 0.2) is 42.7 Å². The summed E-state index contributed by atoms with van der Waals surface area (Å²) in [5, 5.41) is 4.08. The molecule has 122 valence electrons. The van der Waals surface area contributed by atoms with Crippen LogP contribution in [0.2, 0.25) is 0 Å². The van der Waals surface area contributed by atoms with E-state index in [0.717, 1.165) is 17.1 Å². The van der Waals surface area contributed by atoms with Crippen LogP contribution in [0.3, 0.4) is 0 Å². The Balaban J connectivity index is 1.74. The van der Waals surface area contributed by atoms with Gasteiger partial charge in [0.2, 0.25) is 0 Å². The van der Waals surface area contributed by atoms with Gasteiger partial charge in [-0.05, 0) is 23.5 Å². The Bertz CT molecular complexity index is 857. The SMILES string of the molecule is CCc1nnsc1C(=O)N1Cc2nccn2C[C@H]1c1ccccc1. The van der Waals surface area contributed by atoms with Crippen molar-refractivity contribution < 1.29 is 4.79 Å². The predicted octanol–water partition coefficient (Wildman–Crippen LogP) is 2.69. The average molecular weight is 339 g/mol. The topological polar surface area (TPSA) is 63.9 Å². The number of hydrogen-bond donors (Lipinski definition) is 0. The second-order valence-corrected chi connectivity index (χ2v) is 6.51. The quantitative estimate of drug-likeness (QED) is 0.736. The molecule has 1 aliphatic rings. The summed E-state index contributed by atoms with van der Waals surface area (Å²) >= 11 is 1.18. The highest BCUT2D eigenvalue weighted by molar-refractivity contribution is 7.08. The number of carbonyl (C=O) groups is 1. The van der Waals surface area contributed by atoms with E-state index in [4.69, 9.17) is 0 Å². The number of aromatic nitrogens is 4. The molecule has 1 atom stereocenters. The second-order valence-electron chi connectivity index (χ2n) is 5.76. The first kappa shape index (κ1) is 15.0. The van der Waals surface area contributed by atoms with E-state index < -0.39 is 0 Å². The highest BCUT2D eigenvalue weighted by atomic mass is 32.1. The molecule has 6 nitrogen and oxygen atoms in total. The Morgan fingerprint density at radius 2 is 2.17 bits per heavy atom. The molecule has 0 bridgehead atoms. The molecule has 1 amide bonds. The second kappa shape index (κ2) is 6.16. The summed E-state index contributed by atoms with van der Waals surface area (Å²) in [5.41, 5.74) is 1.89. The summed E-state index contributed by atoms with van der Waals surface area (Å²) in [5.74, 6) is 0.899. The van der Waals surface area contributed by atoms with E-state index in [1.165, 1.54) is 11.5 Å². The van der Waals surface area contributed by atoms with E-state index in [0.29, 0.717) is 24.4 Å². The summed E-state index contributed by atoms with van der Waals surface area (Å²) in [6, 6.07) is 10.1. The number of hydrogen-bond acceptors (Lipinski definition) is 5. The fraction of sp³-hybridized carbons (Fsp3) is 0.294. The first-order valence-corrected chi connectivity index (χ1v) is 8.72. The molecule has 0 saturated heterocycles. The van der Waals surface area contributed by atoms with Crippen LogP contribution in [-0.4, -0.2) is 29.9 Å². The largest absolute Gasteiger partial charge is 0.331 e. The van der Waals surface area contributed by atoms with Crippen molar-refractivity contribution in [3.05, 3.63) is 64.7 Å². The molecule has 0 unspecified atom stereocenters. The van der Waals surface area contributed by atoms with Gasteiger partial charge in [0.25, 0.3) is 5.91 Å². The minimum Gasteiger partial charge on any atom is -0.331 e. The Morgan fingerprint density at radius 1 is 1.33 bits per heavy atom. The Labute approximate surface area is 143 Å². The van der Waals surface area contributed by atoms with Crippen LogP contribution < -0.4 is 0 Å². The number of benzene rings is 1.